The van der Waals surface area contributed by atoms with Crippen molar-refractivity contribution in [2.75, 3.05) is 19.0 Å². The van der Waals surface area contributed by atoms with Crippen molar-refractivity contribution in [2.24, 2.45) is 10.2 Å². The number of carboxylic acids is 1. The van der Waals surface area contributed by atoms with Crippen LogP contribution in [0.4, 0.5) is 29.0 Å². The molecule has 9 heteroatoms. The van der Waals surface area contributed by atoms with E-state index in [1.165, 1.54) is 16.7 Å². The number of anilines is 1. The van der Waals surface area contributed by atoms with Gasteiger partial charge in [0.25, 0.3) is 11.6 Å². The molecule has 1 aromatic carbocycles. The number of carboxylic acid groups (broad SMARTS) is 1. The number of benzene rings is 1. The number of azo groups is 1. The lowest BCUT2D eigenvalue weighted by Crippen LogP contribution is -2.23. The number of aromatic carboxylic acids is 1. The molecule has 138 valence electrons. The summed E-state index contributed by atoms with van der Waals surface area (Å²) in [5.41, 5.74) is 0.690. The molecule has 2 aromatic rings. The Morgan fingerprint density at radius 1 is 1.30 bits per heavy atom. The largest absolute Gasteiger partial charge is 0.545 e. The molecule has 0 saturated carbocycles. The third kappa shape index (κ3) is 4.28. The van der Waals surface area contributed by atoms with Crippen LogP contribution < -0.4 is 10.0 Å². The lowest BCUT2D eigenvalue weighted by molar-refractivity contribution is -0.254. The first kappa shape index (κ1) is 19.6. The standard InChI is InChI=1S/C18H19N7O2/c1-6-7-10-25-16(20-3)15(19-2)21-18(25)23-22-14-9-8-12(24(4)5)11-13(14)17(26)27/h8-9,11H,6-7,10H2,1,4-5H3,(H,26,27)/p-1. The van der Waals surface area contributed by atoms with Crippen LogP contribution in [-0.2, 0) is 6.54 Å². The zero-order valence-electron chi connectivity index (χ0n) is 15.3. The van der Waals surface area contributed by atoms with E-state index in [1.807, 2.05) is 6.92 Å². The number of nitrogens with zero attached hydrogens (tertiary/aromatic N) is 7. The minimum absolute atomic E-state index is 0.0434. The molecule has 0 spiro atoms. The van der Waals surface area contributed by atoms with Crippen molar-refractivity contribution in [3.63, 3.8) is 0 Å². The van der Waals surface area contributed by atoms with E-state index in [0.29, 0.717) is 12.2 Å². The molecule has 0 aliphatic rings. The van der Waals surface area contributed by atoms with Gasteiger partial charge in [0, 0.05) is 25.3 Å². The smallest absolute Gasteiger partial charge is 0.416 e. The Balaban J connectivity index is 2.49. The van der Waals surface area contributed by atoms with Gasteiger partial charge in [-0.1, -0.05) is 36.6 Å². The number of rotatable bonds is 7. The van der Waals surface area contributed by atoms with Gasteiger partial charge in [0.05, 0.1) is 18.2 Å². The first-order valence-corrected chi connectivity index (χ1v) is 8.22. The normalized spacial score (nSPS) is 10.6. The second-order valence-corrected chi connectivity index (χ2v) is 5.87. The first-order chi connectivity index (χ1) is 12.9. The van der Waals surface area contributed by atoms with Gasteiger partial charge in [-0.2, -0.15) is 0 Å². The van der Waals surface area contributed by atoms with E-state index < -0.39 is 5.97 Å². The van der Waals surface area contributed by atoms with Gasteiger partial charge >= 0.3 is 5.95 Å². The number of carbonyl (C=O) groups is 1. The molecule has 1 heterocycles. The van der Waals surface area contributed by atoms with E-state index in [0.717, 1.165) is 12.8 Å². The van der Waals surface area contributed by atoms with Gasteiger partial charge in [0.2, 0.25) is 0 Å². The van der Waals surface area contributed by atoms with Crippen LogP contribution in [0.25, 0.3) is 9.69 Å². The third-order valence-electron chi connectivity index (χ3n) is 3.81. The van der Waals surface area contributed by atoms with Crippen LogP contribution in [0.5, 0.6) is 0 Å². The molecule has 1 aromatic heterocycles. The highest BCUT2D eigenvalue weighted by molar-refractivity contribution is 5.93. The van der Waals surface area contributed by atoms with Gasteiger partial charge in [0.1, 0.15) is 0 Å². The monoisotopic (exact) mass is 364 g/mol. The van der Waals surface area contributed by atoms with Gasteiger partial charge in [-0.05, 0) is 24.6 Å². The highest BCUT2D eigenvalue weighted by Crippen LogP contribution is 2.34. The maximum atomic E-state index is 11.4. The van der Waals surface area contributed by atoms with Crippen molar-refractivity contribution in [1.82, 2.24) is 9.55 Å². The molecule has 0 fully saturated rings. The first-order valence-electron chi connectivity index (χ1n) is 8.22. The van der Waals surface area contributed by atoms with Crippen molar-refractivity contribution in [2.45, 2.75) is 26.3 Å². The van der Waals surface area contributed by atoms with Gasteiger partial charge in [-0.3, -0.25) is 0 Å². The lowest BCUT2D eigenvalue weighted by Gasteiger charge is -2.15. The molecule has 0 saturated heterocycles. The van der Waals surface area contributed by atoms with Crippen molar-refractivity contribution in [1.29, 1.82) is 0 Å². The Morgan fingerprint density at radius 2 is 2.04 bits per heavy atom. The Hall–Kier alpha value is -3.72. The van der Waals surface area contributed by atoms with Crippen LogP contribution in [0.15, 0.2) is 28.4 Å². The summed E-state index contributed by atoms with van der Waals surface area (Å²) in [6.45, 7) is 16.9. The minimum atomic E-state index is -1.37. The number of unbranched alkanes of at least 4 members (excludes halogenated alkanes) is 1. The van der Waals surface area contributed by atoms with E-state index in [2.05, 4.69) is 24.9 Å². The summed E-state index contributed by atoms with van der Waals surface area (Å²) in [7, 11) is 3.58. The summed E-state index contributed by atoms with van der Waals surface area (Å²) >= 11 is 0. The summed E-state index contributed by atoms with van der Waals surface area (Å²) in [5.74, 6) is -1.21. The molecule has 0 radical (unpaired) electrons. The van der Waals surface area contributed by atoms with Crippen LogP contribution in [0.1, 0.15) is 30.1 Å². The average molecular weight is 364 g/mol. The Morgan fingerprint density at radius 3 is 2.59 bits per heavy atom. The number of hydrogen-bond acceptors (Lipinski definition) is 6. The Kier molecular flexibility index (Phi) is 6.23. The summed E-state index contributed by atoms with van der Waals surface area (Å²) < 4.78 is 1.53. The molecule has 9 nitrogen and oxygen atoms in total. The van der Waals surface area contributed by atoms with E-state index >= 15 is 0 Å². The van der Waals surface area contributed by atoms with Gasteiger partial charge in [0.15, 0.2) is 0 Å². The molecule has 0 amide bonds. The molecule has 2 rings (SSSR count). The predicted octanol–water partition coefficient (Wildman–Crippen LogP) is 3.63. The van der Waals surface area contributed by atoms with Crippen LogP contribution in [-0.4, -0.2) is 29.6 Å². The fourth-order valence-electron chi connectivity index (χ4n) is 2.36. The Bertz CT molecular complexity index is 961. The maximum Gasteiger partial charge on any atom is 0.416 e. The molecule has 0 bridgehead atoms. The summed E-state index contributed by atoms with van der Waals surface area (Å²) in [6, 6.07) is 4.68. The summed E-state index contributed by atoms with van der Waals surface area (Å²) in [6.07, 6.45) is 1.67. The van der Waals surface area contributed by atoms with E-state index in [9.17, 15) is 9.90 Å². The molecule has 0 atom stereocenters. The van der Waals surface area contributed by atoms with Crippen molar-refractivity contribution in [3.05, 3.63) is 46.6 Å². The van der Waals surface area contributed by atoms with Gasteiger partial charge in [-0.15, -0.1) is 5.11 Å². The topological polar surface area (TPSA) is 94.6 Å². The molecule has 0 aliphatic heterocycles. The Labute approximate surface area is 157 Å². The quantitative estimate of drug-likeness (QED) is 0.554. The second-order valence-electron chi connectivity index (χ2n) is 5.87. The number of carbonyl (C=O) groups excluding carboxylic acids is 1. The van der Waals surface area contributed by atoms with Crippen molar-refractivity contribution >= 4 is 34.9 Å². The average Bonchev–Trinajstić information content (AvgIpc) is 3.00. The molecule has 0 unspecified atom stereocenters. The zero-order valence-corrected chi connectivity index (χ0v) is 15.3. The molecule has 0 N–H and O–H groups in total. The fraction of sp³-hybridized carbons (Fsp3) is 0.333. The third-order valence-corrected chi connectivity index (χ3v) is 3.81. The van der Waals surface area contributed by atoms with Crippen molar-refractivity contribution < 1.29 is 9.90 Å². The highest BCUT2D eigenvalue weighted by atomic mass is 16.4. The zero-order chi connectivity index (χ0) is 20.0. The van der Waals surface area contributed by atoms with E-state index in [-0.39, 0.29) is 28.8 Å². The molecule has 0 aliphatic carbocycles. The molecule has 27 heavy (non-hydrogen) atoms. The highest BCUT2D eigenvalue weighted by Gasteiger charge is 2.22. The van der Waals surface area contributed by atoms with Crippen LogP contribution in [0.2, 0.25) is 0 Å². The predicted molar refractivity (Wildman–Crippen MR) is 98.9 cm³/mol. The number of hydrogen-bond donors (Lipinski definition) is 0. The van der Waals surface area contributed by atoms with Crippen LogP contribution in [0, 0.1) is 13.1 Å². The van der Waals surface area contributed by atoms with Gasteiger partial charge < -0.3 is 24.5 Å². The van der Waals surface area contributed by atoms with E-state index in [4.69, 9.17) is 13.1 Å². The van der Waals surface area contributed by atoms with Gasteiger partial charge in [-0.25, -0.2) is 4.57 Å². The SMILES string of the molecule is [C-]#[N+]c1nc(N=Nc2ccc(N(C)C)cc2C(=O)[O-])n(CCCC)c1[N+]#[C-]. The second kappa shape index (κ2) is 8.59. The number of aromatic nitrogens is 2. The lowest BCUT2D eigenvalue weighted by atomic mass is 10.1. The number of imidazole rings is 1. The minimum Gasteiger partial charge on any atom is -0.545 e. The fourth-order valence-corrected chi connectivity index (χ4v) is 2.36. The summed E-state index contributed by atoms with van der Waals surface area (Å²) in [5, 5.41) is 19.4. The van der Waals surface area contributed by atoms with Crippen LogP contribution in [0.3, 0.4) is 0 Å². The van der Waals surface area contributed by atoms with Crippen molar-refractivity contribution in [3.8, 4) is 0 Å². The molecular formula is C18H18N7O2-. The molecular weight excluding hydrogens is 346 g/mol. The summed E-state index contributed by atoms with van der Waals surface area (Å²) in [4.78, 5) is 23.9. The van der Waals surface area contributed by atoms with E-state index in [1.54, 1.807) is 25.1 Å². The van der Waals surface area contributed by atoms with Crippen LogP contribution >= 0.6 is 0 Å². The maximum absolute atomic E-state index is 11.4.